The first-order chi connectivity index (χ1) is 13.7. The monoisotopic (exact) mass is 412 g/mol. The lowest BCUT2D eigenvalue weighted by Gasteiger charge is -2.17. The molecule has 1 aromatic carbocycles. The van der Waals surface area contributed by atoms with Gasteiger partial charge >= 0.3 is 6.18 Å². The Morgan fingerprint density at radius 2 is 1.93 bits per heavy atom. The number of alkyl halides is 3. The second-order valence-electron chi connectivity index (χ2n) is 6.24. The van der Waals surface area contributed by atoms with Crippen LogP contribution >= 0.6 is 0 Å². The molecular weight excluding hydrogens is 389 g/mol. The average Bonchev–Trinajstić information content (AvgIpc) is 2.70. The minimum Gasteiger partial charge on any atom is -0.493 e. The Hall–Kier alpha value is -2.97. The number of rotatable bonds is 9. The zero-order valence-electron chi connectivity index (χ0n) is 16.4. The summed E-state index contributed by atoms with van der Waals surface area (Å²) < 4.78 is 52.0. The Kier molecular flexibility index (Phi) is 7.69. The number of methoxy groups -OCH3 is 1. The van der Waals surface area contributed by atoms with Crippen molar-refractivity contribution in [3.05, 3.63) is 47.7 Å². The van der Waals surface area contributed by atoms with E-state index in [1.54, 1.807) is 19.1 Å². The van der Waals surface area contributed by atoms with Gasteiger partial charge in [-0.05, 0) is 37.1 Å². The molecule has 6 nitrogen and oxygen atoms in total. The molecular formula is C20H23F3N2O4. The Labute approximate surface area is 167 Å². The number of benzene rings is 1. The van der Waals surface area contributed by atoms with E-state index in [1.807, 2.05) is 13.0 Å². The summed E-state index contributed by atoms with van der Waals surface area (Å²) in [5, 5.41) is 2.81. The van der Waals surface area contributed by atoms with E-state index in [1.165, 1.54) is 19.2 Å². The highest BCUT2D eigenvalue weighted by Crippen LogP contribution is 2.30. The molecule has 0 aliphatic rings. The molecule has 158 valence electrons. The van der Waals surface area contributed by atoms with Gasteiger partial charge in [-0.15, -0.1) is 0 Å². The third-order valence-electron chi connectivity index (χ3n) is 3.88. The van der Waals surface area contributed by atoms with Crippen molar-refractivity contribution < 1.29 is 32.2 Å². The van der Waals surface area contributed by atoms with Crippen molar-refractivity contribution in [3.8, 4) is 17.4 Å². The SMILES string of the molecule is CCCOc1ccc(C(C)NC(=O)c2ccc(OCC(F)(F)F)nc2)cc1OC. The Morgan fingerprint density at radius 1 is 1.17 bits per heavy atom. The van der Waals surface area contributed by atoms with Crippen molar-refractivity contribution in [2.45, 2.75) is 32.5 Å². The van der Waals surface area contributed by atoms with Crippen LogP contribution in [0.4, 0.5) is 13.2 Å². The molecule has 0 fully saturated rings. The maximum atomic E-state index is 12.4. The highest BCUT2D eigenvalue weighted by molar-refractivity contribution is 5.94. The summed E-state index contributed by atoms with van der Waals surface area (Å²) in [6.07, 6.45) is -2.42. The molecule has 0 aliphatic heterocycles. The molecule has 2 rings (SSSR count). The van der Waals surface area contributed by atoms with Crippen LogP contribution in [-0.2, 0) is 0 Å². The third-order valence-corrected chi connectivity index (χ3v) is 3.88. The van der Waals surface area contributed by atoms with E-state index in [0.29, 0.717) is 18.1 Å². The number of carbonyl (C=O) groups excluding carboxylic acids is 1. The van der Waals surface area contributed by atoms with Gasteiger partial charge in [0.25, 0.3) is 5.91 Å². The van der Waals surface area contributed by atoms with Crippen molar-refractivity contribution in [1.82, 2.24) is 10.3 Å². The number of pyridine rings is 1. The summed E-state index contributed by atoms with van der Waals surface area (Å²) >= 11 is 0. The number of hydrogen-bond acceptors (Lipinski definition) is 5. The lowest BCUT2D eigenvalue weighted by atomic mass is 10.1. The third kappa shape index (κ3) is 6.85. The number of halogens is 3. The maximum Gasteiger partial charge on any atom is 0.422 e. The Balaban J connectivity index is 2.01. The zero-order chi connectivity index (χ0) is 21.4. The summed E-state index contributed by atoms with van der Waals surface area (Å²) in [7, 11) is 1.54. The first kappa shape index (κ1) is 22.3. The van der Waals surface area contributed by atoms with Crippen molar-refractivity contribution in [1.29, 1.82) is 0 Å². The fourth-order valence-electron chi connectivity index (χ4n) is 2.40. The second-order valence-corrected chi connectivity index (χ2v) is 6.24. The molecule has 0 aliphatic carbocycles. The normalized spacial score (nSPS) is 12.2. The quantitative estimate of drug-likeness (QED) is 0.665. The largest absolute Gasteiger partial charge is 0.493 e. The molecule has 9 heteroatoms. The number of nitrogens with one attached hydrogen (secondary N) is 1. The number of ether oxygens (including phenoxy) is 3. The van der Waals surface area contributed by atoms with Crippen LogP contribution in [0.5, 0.6) is 17.4 Å². The molecule has 0 radical (unpaired) electrons. The lowest BCUT2D eigenvalue weighted by Crippen LogP contribution is -2.26. The second kappa shape index (κ2) is 9.99. The van der Waals surface area contributed by atoms with Crippen molar-refractivity contribution in [2.24, 2.45) is 0 Å². The topological polar surface area (TPSA) is 69.7 Å². The van der Waals surface area contributed by atoms with E-state index >= 15 is 0 Å². The summed E-state index contributed by atoms with van der Waals surface area (Å²) in [5.74, 6) is 0.553. The smallest absolute Gasteiger partial charge is 0.422 e. The molecule has 0 saturated carbocycles. The van der Waals surface area contributed by atoms with Crippen molar-refractivity contribution in [2.75, 3.05) is 20.3 Å². The van der Waals surface area contributed by atoms with Gasteiger partial charge in [0.15, 0.2) is 18.1 Å². The fraction of sp³-hybridized carbons (Fsp3) is 0.400. The lowest BCUT2D eigenvalue weighted by molar-refractivity contribution is -0.154. The summed E-state index contributed by atoms with van der Waals surface area (Å²) in [4.78, 5) is 16.1. The summed E-state index contributed by atoms with van der Waals surface area (Å²) in [6, 6.07) is 7.60. The number of carbonyl (C=O) groups is 1. The maximum absolute atomic E-state index is 12.4. The zero-order valence-corrected chi connectivity index (χ0v) is 16.4. The van der Waals surface area contributed by atoms with Crippen LogP contribution in [0.25, 0.3) is 0 Å². The Bertz CT molecular complexity index is 810. The van der Waals surface area contributed by atoms with Gasteiger partial charge in [-0.3, -0.25) is 4.79 Å². The van der Waals surface area contributed by atoms with Crippen LogP contribution < -0.4 is 19.5 Å². The van der Waals surface area contributed by atoms with Crippen LogP contribution in [0, 0.1) is 0 Å². The van der Waals surface area contributed by atoms with E-state index in [0.717, 1.165) is 18.2 Å². The van der Waals surface area contributed by atoms with E-state index in [9.17, 15) is 18.0 Å². The van der Waals surface area contributed by atoms with Crippen LogP contribution in [0.3, 0.4) is 0 Å². The number of aromatic nitrogens is 1. The van der Waals surface area contributed by atoms with Gasteiger partial charge in [0, 0.05) is 12.3 Å². The molecule has 1 atom stereocenters. The molecule has 1 N–H and O–H groups in total. The first-order valence-corrected chi connectivity index (χ1v) is 9.00. The van der Waals surface area contributed by atoms with Crippen LogP contribution in [0.15, 0.2) is 36.5 Å². The van der Waals surface area contributed by atoms with Gasteiger partial charge in [0.1, 0.15) is 0 Å². The standard InChI is InChI=1S/C20H23F3N2O4/c1-4-9-28-16-7-5-14(10-17(16)27-3)13(2)25-19(26)15-6-8-18(24-11-15)29-12-20(21,22)23/h5-8,10-11,13H,4,9,12H2,1-3H3,(H,25,26). The highest BCUT2D eigenvalue weighted by atomic mass is 19.4. The molecule has 1 unspecified atom stereocenters. The van der Waals surface area contributed by atoms with E-state index in [2.05, 4.69) is 15.0 Å². The molecule has 29 heavy (non-hydrogen) atoms. The van der Waals surface area contributed by atoms with Gasteiger partial charge in [-0.1, -0.05) is 13.0 Å². The van der Waals surface area contributed by atoms with E-state index in [4.69, 9.17) is 9.47 Å². The molecule has 2 aromatic rings. The molecule has 1 heterocycles. The Morgan fingerprint density at radius 3 is 2.52 bits per heavy atom. The molecule has 0 saturated heterocycles. The number of hydrogen-bond donors (Lipinski definition) is 1. The minimum absolute atomic E-state index is 0.200. The van der Waals surface area contributed by atoms with E-state index in [-0.39, 0.29) is 17.5 Å². The van der Waals surface area contributed by atoms with Gasteiger partial charge in [-0.2, -0.15) is 13.2 Å². The average molecular weight is 412 g/mol. The predicted octanol–water partition coefficient (Wildman–Crippen LogP) is 4.31. The van der Waals surface area contributed by atoms with Crippen molar-refractivity contribution in [3.63, 3.8) is 0 Å². The molecule has 1 aromatic heterocycles. The molecule has 1 amide bonds. The van der Waals surface area contributed by atoms with Gasteiger partial charge < -0.3 is 19.5 Å². The van der Waals surface area contributed by atoms with Crippen LogP contribution in [0.1, 0.15) is 42.2 Å². The highest BCUT2D eigenvalue weighted by Gasteiger charge is 2.28. The van der Waals surface area contributed by atoms with Crippen LogP contribution in [0.2, 0.25) is 0 Å². The van der Waals surface area contributed by atoms with Crippen molar-refractivity contribution >= 4 is 5.91 Å². The van der Waals surface area contributed by atoms with Gasteiger partial charge in [-0.25, -0.2) is 4.98 Å². The van der Waals surface area contributed by atoms with Crippen LogP contribution in [-0.4, -0.2) is 37.4 Å². The minimum atomic E-state index is -4.45. The summed E-state index contributed by atoms with van der Waals surface area (Å²) in [5.41, 5.74) is 1.00. The van der Waals surface area contributed by atoms with Gasteiger partial charge in [0.2, 0.25) is 5.88 Å². The van der Waals surface area contributed by atoms with E-state index < -0.39 is 18.7 Å². The predicted molar refractivity (Wildman–Crippen MR) is 100 cm³/mol. The fourth-order valence-corrected chi connectivity index (χ4v) is 2.40. The first-order valence-electron chi connectivity index (χ1n) is 9.00. The summed E-state index contributed by atoms with van der Waals surface area (Å²) in [6.45, 7) is 2.93. The molecule has 0 spiro atoms. The number of nitrogens with zero attached hydrogens (tertiary/aromatic N) is 1. The van der Waals surface area contributed by atoms with Gasteiger partial charge in [0.05, 0.1) is 25.3 Å². The molecule has 0 bridgehead atoms. The number of amides is 1.